The van der Waals surface area contributed by atoms with E-state index < -0.39 is 0 Å². The number of hydrogen-bond donors (Lipinski definition) is 0. The van der Waals surface area contributed by atoms with E-state index in [0.717, 1.165) is 18.7 Å². The fourth-order valence-electron chi connectivity index (χ4n) is 0.862. The number of aliphatic imine (C=N–C) groups is 1. The standard InChI is InChI=1S/C6H11NO/c1-5-3-4-6(7-5)8-2/h5H,3-4H2,1-2H3. The van der Waals surface area contributed by atoms with E-state index in [-0.39, 0.29) is 0 Å². The van der Waals surface area contributed by atoms with E-state index in [0.29, 0.717) is 6.04 Å². The number of hydrogen-bond acceptors (Lipinski definition) is 2. The lowest BCUT2D eigenvalue weighted by molar-refractivity contribution is 0.395. The molecule has 0 aromatic rings. The van der Waals surface area contributed by atoms with E-state index >= 15 is 0 Å². The summed E-state index contributed by atoms with van der Waals surface area (Å²) in [6, 6.07) is 0.491. The third-order valence-corrected chi connectivity index (χ3v) is 1.38. The van der Waals surface area contributed by atoms with Gasteiger partial charge in [-0.15, -0.1) is 0 Å². The summed E-state index contributed by atoms with van der Waals surface area (Å²) in [6.45, 7) is 2.10. The zero-order valence-electron chi connectivity index (χ0n) is 5.35. The van der Waals surface area contributed by atoms with Crippen LogP contribution in [0.3, 0.4) is 0 Å². The first-order valence-electron chi connectivity index (χ1n) is 2.93. The van der Waals surface area contributed by atoms with Crippen molar-refractivity contribution in [2.24, 2.45) is 4.99 Å². The van der Waals surface area contributed by atoms with Crippen molar-refractivity contribution in [2.45, 2.75) is 25.8 Å². The van der Waals surface area contributed by atoms with Crippen molar-refractivity contribution in [2.75, 3.05) is 7.11 Å². The molecule has 0 saturated carbocycles. The van der Waals surface area contributed by atoms with Crippen LogP contribution in [0.25, 0.3) is 0 Å². The summed E-state index contributed by atoms with van der Waals surface area (Å²) in [6.07, 6.45) is 2.18. The largest absolute Gasteiger partial charge is 0.484 e. The Kier molecular flexibility index (Phi) is 1.51. The van der Waals surface area contributed by atoms with Gasteiger partial charge < -0.3 is 4.74 Å². The highest BCUT2D eigenvalue weighted by atomic mass is 16.5. The average molecular weight is 113 g/mol. The molecule has 1 unspecified atom stereocenters. The van der Waals surface area contributed by atoms with Gasteiger partial charge in [0.1, 0.15) is 0 Å². The zero-order valence-corrected chi connectivity index (χ0v) is 5.35. The van der Waals surface area contributed by atoms with Crippen LogP contribution in [0.4, 0.5) is 0 Å². The normalized spacial score (nSPS) is 27.8. The van der Waals surface area contributed by atoms with Crippen LogP contribution < -0.4 is 0 Å². The molecule has 0 N–H and O–H groups in total. The van der Waals surface area contributed by atoms with E-state index in [1.165, 1.54) is 0 Å². The SMILES string of the molecule is COC1=NC(C)CC1. The summed E-state index contributed by atoms with van der Waals surface area (Å²) in [5.41, 5.74) is 0. The summed E-state index contributed by atoms with van der Waals surface area (Å²) in [4.78, 5) is 4.20. The molecule has 46 valence electrons. The minimum absolute atomic E-state index is 0.491. The molecule has 2 nitrogen and oxygen atoms in total. The highest BCUT2D eigenvalue weighted by Gasteiger charge is 2.11. The van der Waals surface area contributed by atoms with Crippen molar-refractivity contribution in [3.05, 3.63) is 0 Å². The average Bonchev–Trinajstić information content (AvgIpc) is 2.14. The Bertz CT molecular complexity index is 109. The Labute approximate surface area is 49.6 Å². The fraction of sp³-hybridized carbons (Fsp3) is 0.833. The lowest BCUT2D eigenvalue weighted by Crippen LogP contribution is -1.93. The second-order valence-corrected chi connectivity index (χ2v) is 2.11. The summed E-state index contributed by atoms with van der Waals surface area (Å²) >= 11 is 0. The maximum absolute atomic E-state index is 4.93. The van der Waals surface area contributed by atoms with Gasteiger partial charge in [0.05, 0.1) is 13.2 Å². The molecule has 1 aliphatic heterocycles. The van der Waals surface area contributed by atoms with Crippen molar-refractivity contribution in [3.63, 3.8) is 0 Å². The van der Waals surface area contributed by atoms with Crippen molar-refractivity contribution in [1.82, 2.24) is 0 Å². The monoisotopic (exact) mass is 113 g/mol. The summed E-state index contributed by atoms with van der Waals surface area (Å²) < 4.78 is 4.93. The lowest BCUT2D eigenvalue weighted by atomic mass is 10.2. The van der Waals surface area contributed by atoms with Crippen LogP contribution in [-0.4, -0.2) is 19.0 Å². The number of rotatable bonds is 0. The van der Waals surface area contributed by atoms with Gasteiger partial charge >= 0.3 is 0 Å². The van der Waals surface area contributed by atoms with E-state index in [1.807, 2.05) is 0 Å². The molecule has 1 rings (SSSR count). The Balaban J connectivity index is 2.44. The first kappa shape index (κ1) is 5.60. The van der Waals surface area contributed by atoms with Crippen molar-refractivity contribution >= 4 is 5.90 Å². The van der Waals surface area contributed by atoms with Gasteiger partial charge in [-0.2, -0.15) is 0 Å². The van der Waals surface area contributed by atoms with Gasteiger partial charge in [-0.3, -0.25) is 4.99 Å². The lowest BCUT2D eigenvalue weighted by Gasteiger charge is -1.92. The van der Waals surface area contributed by atoms with Crippen LogP contribution in [0.15, 0.2) is 4.99 Å². The molecule has 0 aliphatic carbocycles. The van der Waals surface area contributed by atoms with Crippen molar-refractivity contribution in [1.29, 1.82) is 0 Å². The zero-order chi connectivity index (χ0) is 5.98. The molecule has 0 spiro atoms. The van der Waals surface area contributed by atoms with Crippen LogP contribution in [0, 0.1) is 0 Å². The molecule has 0 fully saturated rings. The van der Waals surface area contributed by atoms with Crippen LogP contribution in [0.2, 0.25) is 0 Å². The van der Waals surface area contributed by atoms with Gasteiger partial charge in [0.25, 0.3) is 0 Å². The van der Waals surface area contributed by atoms with E-state index in [9.17, 15) is 0 Å². The molecular weight excluding hydrogens is 102 g/mol. The predicted octanol–water partition coefficient (Wildman–Crippen LogP) is 1.21. The number of methoxy groups -OCH3 is 1. The second-order valence-electron chi connectivity index (χ2n) is 2.11. The highest BCUT2D eigenvalue weighted by Crippen LogP contribution is 2.11. The van der Waals surface area contributed by atoms with Gasteiger partial charge in [-0.1, -0.05) is 0 Å². The van der Waals surface area contributed by atoms with Crippen LogP contribution in [0.5, 0.6) is 0 Å². The first-order chi connectivity index (χ1) is 3.83. The third kappa shape index (κ3) is 0.997. The van der Waals surface area contributed by atoms with Gasteiger partial charge in [0.15, 0.2) is 5.90 Å². The Morgan fingerprint density at radius 2 is 2.50 bits per heavy atom. The topological polar surface area (TPSA) is 21.6 Å². The Hall–Kier alpha value is -0.530. The molecule has 0 saturated heterocycles. The molecule has 8 heavy (non-hydrogen) atoms. The molecular formula is C6H11NO. The maximum Gasteiger partial charge on any atom is 0.183 e. The smallest absolute Gasteiger partial charge is 0.183 e. The van der Waals surface area contributed by atoms with Gasteiger partial charge in [0.2, 0.25) is 0 Å². The quantitative estimate of drug-likeness (QED) is 0.462. The molecule has 0 radical (unpaired) electrons. The molecule has 1 atom stereocenters. The van der Waals surface area contributed by atoms with Gasteiger partial charge in [-0.05, 0) is 13.3 Å². The molecule has 0 aromatic heterocycles. The molecule has 1 heterocycles. The summed E-state index contributed by atoms with van der Waals surface area (Å²) in [7, 11) is 1.68. The van der Waals surface area contributed by atoms with Crippen molar-refractivity contribution < 1.29 is 4.74 Å². The van der Waals surface area contributed by atoms with Gasteiger partial charge in [-0.25, -0.2) is 0 Å². The molecule has 0 amide bonds. The minimum Gasteiger partial charge on any atom is -0.484 e. The highest BCUT2D eigenvalue weighted by molar-refractivity contribution is 5.77. The van der Waals surface area contributed by atoms with Gasteiger partial charge in [0, 0.05) is 6.42 Å². The number of ether oxygens (including phenoxy) is 1. The van der Waals surface area contributed by atoms with Crippen LogP contribution in [-0.2, 0) is 4.74 Å². The van der Waals surface area contributed by atoms with Crippen LogP contribution in [0.1, 0.15) is 19.8 Å². The predicted molar refractivity (Wildman–Crippen MR) is 33.1 cm³/mol. The summed E-state index contributed by atoms with van der Waals surface area (Å²) in [5.74, 6) is 0.914. The fourth-order valence-corrected chi connectivity index (χ4v) is 0.862. The number of nitrogens with zero attached hydrogens (tertiary/aromatic N) is 1. The van der Waals surface area contributed by atoms with E-state index in [1.54, 1.807) is 7.11 Å². The van der Waals surface area contributed by atoms with Crippen LogP contribution >= 0.6 is 0 Å². The molecule has 1 aliphatic rings. The Morgan fingerprint density at radius 1 is 1.75 bits per heavy atom. The molecule has 0 aromatic carbocycles. The molecule has 2 heteroatoms. The van der Waals surface area contributed by atoms with E-state index in [2.05, 4.69) is 11.9 Å². The summed E-state index contributed by atoms with van der Waals surface area (Å²) in [5, 5.41) is 0. The Morgan fingerprint density at radius 3 is 2.75 bits per heavy atom. The molecule has 0 bridgehead atoms. The maximum atomic E-state index is 4.93. The minimum atomic E-state index is 0.491. The van der Waals surface area contributed by atoms with Crippen molar-refractivity contribution in [3.8, 4) is 0 Å². The first-order valence-corrected chi connectivity index (χ1v) is 2.93. The van der Waals surface area contributed by atoms with E-state index in [4.69, 9.17) is 4.74 Å². The third-order valence-electron chi connectivity index (χ3n) is 1.38. The second kappa shape index (κ2) is 2.16.